The maximum absolute atomic E-state index is 4.22. The highest BCUT2D eigenvalue weighted by Crippen LogP contribution is 1.95. The van der Waals surface area contributed by atoms with Crippen molar-refractivity contribution in [2.75, 3.05) is 0 Å². The van der Waals surface area contributed by atoms with Crippen molar-refractivity contribution in [3.05, 3.63) is 60.2 Å². The molecule has 0 aromatic carbocycles. The SMILES string of the molecule is C(C=NCc1ccccn1)=NCc1ccccn1. The molecule has 0 atom stereocenters. The molecule has 2 aromatic rings. The minimum atomic E-state index is 0.580. The van der Waals surface area contributed by atoms with Gasteiger partial charge >= 0.3 is 0 Å². The smallest absolute Gasteiger partial charge is 0.0812 e. The van der Waals surface area contributed by atoms with Gasteiger partial charge in [-0.1, -0.05) is 12.1 Å². The molecule has 0 aliphatic carbocycles. The number of hydrogen-bond acceptors (Lipinski definition) is 4. The summed E-state index contributed by atoms with van der Waals surface area (Å²) < 4.78 is 0. The molecule has 0 amide bonds. The second kappa shape index (κ2) is 7.06. The van der Waals surface area contributed by atoms with Gasteiger partial charge in [0.05, 0.1) is 24.5 Å². The average Bonchev–Trinajstić information content (AvgIpc) is 2.45. The van der Waals surface area contributed by atoms with Crippen molar-refractivity contribution in [1.29, 1.82) is 0 Å². The quantitative estimate of drug-likeness (QED) is 0.750. The Balaban J connectivity index is 1.75. The van der Waals surface area contributed by atoms with Crippen molar-refractivity contribution in [1.82, 2.24) is 9.97 Å². The predicted octanol–water partition coefficient (Wildman–Crippen LogP) is 2.32. The summed E-state index contributed by atoms with van der Waals surface area (Å²) in [5.74, 6) is 0. The lowest BCUT2D eigenvalue weighted by Gasteiger charge is -1.93. The van der Waals surface area contributed by atoms with Crippen LogP contribution in [0.3, 0.4) is 0 Å². The zero-order chi connectivity index (χ0) is 12.5. The zero-order valence-corrected chi connectivity index (χ0v) is 9.98. The van der Waals surface area contributed by atoms with Gasteiger partial charge in [-0.3, -0.25) is 20.0 Å². The van der Waals surface area contributed by atoms with Gasteiger partial charge in [-0.05, 0) is 24.3 Å². The Bertz CT molecular complexity index is 456. The monoisotopic (exact) mass is 238 g/mol. The van der Waals surface area contributed by atoms with E-state index in [2.05, 4.69) is 20.0 Å². The average molecular weight is 238 g/mol. The number of aliphatic imine (C=N–C) groups is 2. The highest BCUT2D eigenvalue weighted by atomic mass is 14.8. The van der Waals surface area contributed by atoms with Gasteiger partial charge < -0.3 is 0 Å². The first-order chi connectivity index (χ1) is 8.95. The highest BCUT2D eigenvalue weighted by Gasteiger charge is 1.88. The lowest BCUT2D eigenvalue weighted by Crippen LogP contribution is -1.88. The van der Waals surface area contributed by atoms with Gasteiger partial charge in [0.15, 0.2) is 0 Å². The van der Waals surface area contributed by atoms with Crippen LogP contribution in [0, 0.1) is 0 Å². The fourth-order valence-corrected chi connectivity index (χ4v) is 1.37. The van der Waals surface area contributed by atoms with E-state index in [4.69, 9.17) is 0 Å². The lowest BCUT2D eigenvalue weighted by atomic mass is 10.3. The molecule has 0 saturated carbocycles. The van der Waals surface area contributed by atoms with Crippen LogP contribution < -0.4 is 0 Å². The third-order valence-corrected chi connectivity index (χ3v) is 2.24. The molecule has 0 saturated heterocycles. The number of aromatic nitrogens is 2. The first-order valence-corrected chi connectivity index (χ1v) is 5.73. The molecule has 2 aromatic heterocycles. The topological polar surface area (TPSA) is 50.5 Å². The van der Waals surface area contributed by atoms with Crippen LogP contribution in [0.4, 0.5) is 0 Å². The van der Waals surface area contributed by atoms with Crippen LogP contribution in [0.5, 0.6) is 0 Å². The van der Waals surface area contributed by atoms with Gasteiger partial charge in [-0.25, -0.2) is 0 Å². The Morgan fingerprint density at radius 3 is 1.67 bits per heavy atom. The maximum Gasteiger partial charge on any atom is 0.0812 e. The summed E-state index contributed by atoms with van der Waals surface area (Å²) in [5.41, 5.74) is 1.90. The Morgan fingerprint density at radius 1 is 0.778 bits per heavy atom. The molecule has 2 rings (SSSR count). The summed E-state index contributed by atoms with van der Waals surface area (Å²) in [6.07, 6.45) is 6.91. The van der Waals surface area contributed by atoms with Gasteiger partial charge in [-0.2, -0.15) is 0 Å². The van der Waals surface area contributed by atoms with Gasteiger partial charge in [-0.15, -0.1) is 0 Å². The fourth-order valence-electron chi connectivity index (χ4n) is 1.37. The molecule has 90 valence electrons. The zero-order valence-electron chi connectivity index (χ0n) is 9.98. The number of hydrogen-bond donors (Lipinski definition) is 0. The van der Waals surface area contributed by atoms with Crippen molar-refractivity contribution >= 4 is 12.4 Å². The number of rotatable bonds is 5. The first kappa shape index (κ1) is 12.1. The Labute approximate surface area is 106 Å². The number of nitrogens with zero attached hydrogens (tertiary/aromatic N) is 4. The van der Waals surface area contributed by atoms with E-state index >= 15 is 0 Å². The molecule has 0 bridgehead atoms. The molecule has 2 heterocycles. The Kier molecular flexibility index (Phi) is 4.75. The normalized spacial score (nSPS) is 11.3. The highest BCUT2D eigenvalue weighted by molar-refractivity contribution is 6.15. The van der Waals surface area contributed by atoms with Gasteiger partial charge in [0.2, 0.25) is 0 Å². The van der Waals surface area contributed by atoms with E-state index in [1.807, 2.05) is 36.4 Å². The van der Waals surface area contributed by atoms with Crippen molar-refractivity contribution < 1.29 is 0 Å². The summed E-state index contributed by atoms with van der Waals surface area (Å²) in [5, 5.41) is 0. The minimum absolute atomic E-state index is 0.580. The molecule has 18 heavy (non-hydrogen) atoms. The fraction of sp³-hybridized carbons (Fsp3) is 0.143. The van der Waals surface area contributed by atoms with Crippen molar-refractivity contribution in [3.63, 3.8) is 0 Å². The molecule has 0 aliphatic heterocycles. The van der Waals surface area contributed by atoms with Crippen LogP contribution in [0.25, 0.3) is 0 Å². The molecule has 4 heteroatoms. The van der Waals surface area contributed by atoms with E-state index in [1.54, 1.807) is 24.8 Å². The molecule has 0 fully saturated rings. The largest absolute Gasteiger partial charge is 0.285 e. The van der Waals surface area contributed by atoms with Crippen LogP contribution >= 0.6 is 0 Å². The van der Waals surface area contributed by atoms with Crippen molar-refractivity contribution in [3.8, 4) is 0 Å². The van der Waals surface area contributed by atoms with E-state index in [-0.39, 0.29) is 0 Å². The predicted molar refractivity (Wildman–Crippen MR) is 72.9 cm³/mol. The summed E-state index contributed by atoms with van der Waals surface area (Å²) in [6, 6.07) is 11.6. The summed E-state index contributed by atoms with van der Waals surface area (Å²) in [7, 11) is 0. The first-order valence-electron chi connectivity index (χ1n) is 5.73. The second-order valence-corrected chi connectivity index (χ2v) is 3.62. The third-order valence-electron chi connectivity index (χ3n) is 2.24. The van der Waals surface area contributed by atoms with Crippen molar-refractivity contribution in [2.24, 2.45) is 9.98 Å². The molecule has 4 nitrogen and oxygen atoms in total. The molecule has 0 radical (unpaired) electrons. The third kappa shape index (κ3) is 4.25. The summed E-state index contributed by atoms with van der Waals surface area (Å²) in [6.45, 7) is 1.16. The van der Waals surface area contributed by atoms with Crippen LogP contribution in [0.1, 0.15) is 11.4 Å². The van der Waals surface area contributed by atoms with Crippen molar-refractivity contribution in [2.45, 2.75) is 13.1 Å². The van der Waals surface area contributed by atoms with Gasteiger partial charge in [0, 0.05) is 24.8 Å². The van der Waals surface area contributed by atoms with E-state index in [0.29, 0.717) is 13.1 Å². The minimum Gasteiger partial charge on any atom is -0.285 e. The van der Waals surface area contributed by atoms with Crippen LogP contribution in [0.2, 0.25) is 0 Å². The summed E-state index contributed by atoms with van der Waals surface area (Å²) in [4.78, 5) is 16.8. The number of pyridine rings is 2. The van der Waals surface area contributed by atoms with E-state index in [1.165, 1.54) is 0 Å². The van der Waals surface area contributed by atoms with Crippen LogP contribution in [-0.4, -0.2) is 22.4 Å². The molecule has 0 aliphatic rings. The molecule has 0 unspecified atom stereocenters. The maximum atomic E-state index is 4.22. The Hall–Kier alpha value is -2.36. The second-order valence-electron chi connectivity index (χ2n) is 3.62. The lowest BCUT2D eigenvalue weighted by molar-refractivity contribution is 0.991. The van der Waals surface area contributed by atoms with E-state index in [9.17, 15) is 0 Å². The van der Waals surface area contributed by atoms with Crippen LogP contribution in [0.15, 0.2) is 58.8 Å². The van der Waals surface area contributed by atoms with E-state index < -0.39 is 0 Å². The van der Waals surface area contributed by atoms with E-state index in [0.717, 1.165) is 11.4 Å². The molecule has 0 spiro atoms. The van der Waals surface area contributed by atoms with Crippen LogP contribution in [-0.2, 0) is 13.1 Å². The Morgan fingerprint density at radius 2 is 1.28 bits per heavy atom. The molecule has 0 N–H and O–H groups in total. The summed E-state index contributed by atoms with van der Waals surface area (Å²) >= 11 is 0. The van der Waals surface area contributed by atoms with Gasteiger partial charge in [0.1, 0.15) is 0 Å². The van der Waals surface area contributed by atoms with Gasteiger partial charge in [0.25, 0.3) is 0 Å². The molecular formula is C14H14N4. The molecular weight excluding hydrogens is 224 g/mol. The standard InChI is InChI=1S/C14H14N4/c1-3-7-17-13(5-1)11-15-9-10-16-12-14-6-2-4-8-18-14/h1-10H,11-12H2.